The van der Waals surface area contributed by atoms with Gasteiger partial charge in [-0.2, -0.15) is 0 Å². The van der Waals surface area contributed by atoms with Crippen LogP contribution in [0.4, 0.5) is 0 Å². The predicted octanol–water partition coefficient (Wildman–Crippen LogP) is 3.33. The van der Waals surface area contributed by atoms with Crippen molar-refractivity contribution < 1.29 is 19.5 Å². The number of carbonyl (C=O) groups excluding carboxylic acids is 2. The minimum Gasteiger partial charge on any atom is -0.481 e. The molecule has 6 heteroatoms. The molecule has 1 aliphatic carbocycles. The Balaban J connectivity index is 1.59. The predicted molar refractivity (Wildman–Crippen MR) is 104 cm³/mol. The fraction of sp³-hybridized carbons (Fsp3) is 0.381. The number of ketones is 1. The smallest absolute Gasteiger partial charge is 0.308 e. The third kappa shape index (κ3) is 4.63. The molecule has 0 bridgehead atoms. The molecule has 3 atom stereocenters. The third-order valence-electron chi connectivity index (χ3n) is 5.14. The fourth-order valence-corrected chi connectivity index (χ4v) is 4.49. The van der Waals surface area contributed by atoms with Crippen LogP contribution >= 0.6 is 11.3 Å². The number of benzene rings is 1. The zero-order valence-corrected chi connectivity index (χ0v) is 16.0. The van der Waals surface area contributed by atoms with Gasteiger partial charge in [-0.3, -0.25) is 14.4 Å². The van der Waals surface area contributed by atoms with Gasteiger partial charge in [0.25, 0.3) is 0 Å². The molecule has 1 heterocycles. The number of thiophene rings is 1. The summed E-state index contributed by atoms with van der Waals surface area (Å²) in [4.78, 5) is 37.7. The number of aliphatic carboxylic acids is 1. The highest BCUT2D eigenvalue weighted by molar-refractivity contribution is 7.10. The minimum absolute atomic E-state index is 0.0272. The van der Waals surface area contributed by atoms with Crippen LogP contribution in [0.3, 0.4) is 0 Å². The van der Waals surface area contributed by atoms with E-state index < -0.39 is 17.9 Å². The van der Waals surface area contributed by atoms with E-state index in [-0.39, 0.29) is 24.0 Å². The van der Waals surface area contributed by atoms with E-state index in [9.17, 15) is 19.5 Å². The lowest BCUT2D eigenvalue weighted by atomic mass is 9.84. The molecule has 1 amide bonds. The number of Topliss-reactive ketones (excluding diaryl/α,β-unsaturated/α-hetero) is 1. The maximum atomic E-state index is 12.5. The van der Waals surface area contributed by atoms with E-state index in [1.54, 1.807) is 18.3 Å². The highest BCUT2D eigenvalue weighted by Gasteiger charge is 2.31. The normalized spacial score (nSPS) is 18.4. The first-order valence-corrected chi connectivity index (χ1v) is 10.0. The van der Waals surface area contributed by atoms with Gasteiger partial charge in [0.15, 0.2) is 5.78 Å². The average molecular weight is 385 g/mol. The number of fused-ring (bicyclic) bond motifs is 1. The molecule has 0 fully saturated rings. The van der Waals surface area contributed by atoms with Crippen molar-refractivity contribution in [1.82, 2.24) is 5.32 Å². The molecule has 1 aromatic heterocycles. The first-order valence-electron chi connectivity index (χ1n) is 9.12. The fourth-order valence-electron chi connectivity index (χ4n) is 3.59. The van der Waals surface area contributed by atoms with Crippen LogP contribution < -0.4 is 5.32 Å². The molecule has 142 valence electrons. The molecule has 5 nitrogen and oxygen atoms in total. The largest absolute Gasteiger partial charge is 0.481 e. The summed E-state index contributed by atoms with van der Waals surface area (Å²) in [5.74, 6) is -2.22. The van der Waals surface area contributed by atoms with Crippen molar-refractivity contribution in [2.24, 2.45) is 11.8 Å². The van der Waals surface area contributed by atoms with Crippen molar-refractivity contribution >= 4 is 29.0 Å². The average Bonchev–Trinajstić information content (AvgIpc) is 3.12. The Bertz CT molecular complexity index is 830. The number of carbonyl (C=O) groups is 3. The Morgan fingerprint density at radius 3 is 2.70 bits per heavy atom. The van der Waals surface area contributed by atoms with Gasteiger partial charge in [0.2, 0.25) is 5.91 Å². The maximum absolute atomic E-state index is 12.5. The lowest BCUT2D eigenvalue weighted by Gasteiger charge is -2.24. The molecule has 0 saturated carbocycles. The van der Waals surface area contributed by atoms with Gasteiger partial charge in [-0.05, 0) is 43.2 Å². The topological polar surface area (TPSA) is 83.5 Å². The van der Waals surface area contributed by atoms with Crippen molar-refractivity contribution in [2.75, 3.05) is 0 Å². The van der Waals surface area contributed by atoms with Gasteiger partial charge < -0.3 is 10.4 Å². The van der Waals surface area contributed by atoms with Crippen LogP contribution in [0.25, 0.3) is 0 Å². The molecule has 3 rings (SSSR count). The van der Waals surface area contributed by atoms with Crippen LogP contribution in [-0.2, 0) is 22.4 Å². The van der Waals surface area contributed by atoms with E-state index in [1.165, 1.54) is 0 Å². The number of rotatable bonds is 7. The van der Waals surface area contributed by atoms with Crippen molar-refractivity contribution in [3.63, 3.8) is 0 Å². The summed E-state index contributed by atoms with van der Waals surface area (Å²) in [6.45, 7) is 1.71. The number of hydrogen-bond donors (Lipinski definition) is 2. The van der Waals surface area contributed by atoms with Crippen LogP contribution in [0, 0.1) is 11.8 Å². The van der Waals surface area contributed by atoms with Crippen molar-refractivity contribution in [3.05, 3.63) is 57.8 Å². The van der Waals surface area contributed by atoms with Crippen LogP contribution in [0.1, 0.15) is 40.6 Å². The maximum Gasteiger partial charge on any atom is 0.308 e. The van der Waals surface area contributed by atoms with E-state index in [2.05, 4.69) is 5.32 Å². The van der Waals surface area contributed by atoms with Gasteiger partial charge in [0, 0.05) is 28.8 Å². The second kappa shape index (κ2) is 8.48. The van der Waals surface area contributed by atoms with Gasteiger partial charge in [0.1, 0.15) is 0 Å². The second-order valence-electron chi connectivity index (χ2n) is 7.05. The lowest BCUT2D eigenvalue weighted by molar-refractivity contribution is -0.142. The molecule has 2 N–H and O–H groups in total. The molecule has 1 aliphatic rings. The van der Waals surface area contributed by atoms with Crippen molar-refractivity contribution in [3.8, 4) is 0 Å². The standard InChI is InChI=1S/C21H23NO4S/c1-13(17(21(25)26)11-14-5-3-2-4-6-14)22-19(23)12-15-7-8-18-16(20(15)24)9-10-27-18/h2-6,9-10,13,15,17H,7-8,11-12H2,1H3,(H,22,23)(H,25,26). The Morgan fingerprint density at radius 1 is 1.26 bits per heavy atom. The van der Waals surface area contributed by atoms with E-state index in [4.69, 9.17) is 0 Å². The van der Waals surface area contributed by atoms with Gasteiger partial charge >= 0.3 is 5.97 Å². The number of amides is 1. The van der Waals surface area contributed by atoms with E-state index in [0.717, 1.165) is 22.4 Å². The molecule has 1 aromatic carbocycles. The van der Waals surface area contributed by atoms with Crippen LogP contribution in [0.5, 0.6) is 0 Å². The molecule has 0 saturated heterocycles. The molecular weight excluding hydrogens is 362 g/mol. The highest BCUT2D eigenvalue weighted by atomic mass is 32.1. The van der Waals surface area contributed by atoms with Crippen LogP contribution in [-0.4, -0.2) is 28.8 Å². The van der Waals surface area contributed by atoms with Gasteiger partial charge in [-0.15, -0.1) is 11.3 Å². The number of carboxylic acid groups (broad SMARTS) is 1. The second-order valence-corrected chi connectivity index (χ2v) is 8.05. The number of hydrogen-bond acceptors (Lipinski definition) is 4. The zero-order valence-electron chi connectivity index (χ0n) is 15.2. The molecule has 3 unspecified atom stereocenters. The Kier molecular flexibility index (Phi) is 6.06. The number of carboxylic acids is 1. The summed E-state index contributed by atoms with van der Waals surface area (Å²) >= 11 is 1.58. The van der Waals surface area contributed by atoms with Crippen molar-refractivity contribution in [1.29, 1.82) is 0 Å². The SMILES string of the molecule is CC(NC(=O)CC1CCc2sccc2C1=O)C(Cc1ccccc1)C(=O)O. The first-order chi connectivity index (χ1) is 13.0. The number of aryl methyl sites for hydroxylation is 1. The van der Waals surface area contributed by atoms with Crippen molar-refractivity contribution in [2.45, 2.75) is 38.6 Å². The summed E-state index contributed by atoms with van der Waals surface area (Å²) in [5.41, 5.74) is 1.66. The van der Waals surface area contributed by atoms with Crippen LogP contribution in [0.15, 0.2) is 41.8 Å². The lowest BCUT2D eigenvalue weighted by Crippen LogP contribution is -2.43. The Hall–Kier alpha value is -2.47. The van der Waals surface area contributed by atoms with Gasteiger partial charge in [-0.25, -0.2) is 0 Å². The van der Waals surface area contributed by atoms with Gasteiger partial charge in [0.05, 0.1) is 5.92 Å². The molecule has 0 spiro atoms. The van der Waals surface area contributed by atoms with E-state index in [1.807, 2.05) is 41.8 Å². The molecular formula is C21H23NO4S. The molecule has 0 radical (unpaired) electrons. The summed E-state index contributed by atoms with van der Waals surface area (Å²) in [6.07, 6.45) is 1.94. The monoisotopic (exact) mass is 385 g/mol. The summed E-state index contributed by atoms with van der Waals surface area (Å²) in [6, 6.07) is 10.7. The highest BCUT2D eigenvalue weighted by Crippen LogP contribution is 2.31. The third-order valence-corrected chi connectivity index (χ3v) is 6.12. The minimum atomic E-state index is -0.941. The van der Waals surface area contributed by atoms with Gasteiger partial charge in [-0.1, -0.05) is 30.3 Å². The molecule has 27 heavy (non-hydrogen) atoms. The summed E-state index contributed by atoms with van der Waals surface area (Å²) in [5, 5.41) is 14.3. The van der Waals surface area contributed by atoms with E-state index in [0.29, 0.717) is 12.8 Å². The Labute approximate surface area is 162 Å². The first kappa shape index (κ1) is 19.3. The molecule has 0 aliphatic heterocycles. The zero-order chi connectivity index (χ0) is 19.4. The summed E-state index contributed by atoms with van der Waals surface area (Å²) < 4.78 is 0. The summed E-state index contributed by atoms with van der Waals surface area (Å²) in [7, 11) is 0. The quantitative estimate of drug-likeness (QED) is 0.766. The van der Waals surface area contributed by atoms with E-state index >= 15 is 0 Å². The molecule has 2 aromatic rings. The van der Waals surface area contributed by atoms with Crippen LogP contribution in [0.2, 0.25) is 0 Å². The Morgan fingerprint density at radius 2 is 2.00 bits per heavy atom. The number of nitrogens with one attached hydrogen (secondary N) is 1.